The van der Waals surface area contributed by atoms with E-state index in [2.05, 4.69) is 5.32 Å². The number of nitrogens with one attached hydrogen (secondary N) is 1. The van der Waals surface area contributed by atoms with Crippen molar-refractivity contribution in [1.82, 2.24) is 0 Å². The molecule has 0 aliphatic rings. The number of nitro benzene ring substituents is 1. The van der Waals surface area contributed by atoms with Crippen molar-refractivity contribution in [3.8, 4) is 0 Å². The summed E-state index contributed by atoms with van der Waals surface area (Å²) in [6.45, 7) is 2.84. The molecule has 8 nitrogen and oxygen atoms in total. The number of carbonyl (C=O) groups is 1. The largest absolute Gasteiger partial charge is 0.324 e. The number of aryl methyl sites for hydroxylation is 1. The summed E-state index contributed by atoms with van der Waals surface area (Å²) >= 11 is 5.88. The fourth-order valence-corrected chi connectivity index (χ4v) is 4.58. The summed E-state index contributed by atoms with van der Waals surface area (Å²) in [6, 6.07) is 16.6. The molecule has 0 spiro atoms. The smallest absolute Gasteiger partial charge is 0.274 e. The summed E-state index contributed by atoms with van der Waals surface area (Å²) in [6.07, 6.45) is 0. The Hall–Kier alpha value is -3.43. The van der Waals surface area contributed by atoms with E-state index < -0.39 is 27.4 Å². The van der Waals surface area contributed by atoms with Gasteiger partial charge in [-0.3, -0.25) is 19.2 Å². The molecule has 0 bridgehead atoms. The van der Waals surface area contributed by atoms with Gasteiger partial charge >= 0.3 is 0 Å². The zero-order valence-corrected chi connectivity index (χ0v) is 18.9. The molecule has 10 heteroatoms. The summed E-state index contributed by atoms with van der Waals surface area (Å²) in [5.74, 6) is -0.647. The molecule has 0 heterocycles. The first-order chi connectivity index (χ1) is 15.1. The lowest BCUT2D eigenvalue weighted by Crippen LogP contribution is -2.38. The number of rotatable bonds is 7. The molecule has 32 heavy (non-hydrogen) atoms. The van der Waals surface area contributed by atoms with Crippen LogP contribution in [0.25, 0.3) is 0 Å². The summed E-state index contributed by atoms with van der Waals surface area (Å²) in [4.78, 5) is 23.4. The maximum Gasteiger partial charge on any atom is 0.274 e. The predicted octanol–water partition coefficient (Wildman–Crippen LogP) is 4.70. The fraction of sp³-hybridized carbons (Fsp3) is 0.136. The average molecular weight is 474 g/mol. The summed E-state index contributed by atoms with van der Waals surface area (Å²) in [5, 5.41) is 14.1. The Labute approximate surface area is 190 Å². The molecule has 1 amide bonds. The van der Waals surface area contributed by atoms with E-state index in [4.69, 9.17) is 11.6 Å². The van der Waals surface area contributed by atoms with E-state index in [0.717, 1.165) is 9.87 Å². The summed E-state index contributed by atoms with van der Waals surface area (Å²) < 4.78 is 27.7. The van der Waals surface area contributed by atoms with Crippen LogP contribution in [-0.4, -0.2) is 25.8 Å². The van der Waals surface area contributed by atoms with E-state index in [1.807, 2.05) is 6.92 Å². The highest BCUT2D eigenvalue weighted by molar-refractivity contribution is 7.92. The molecule has 3 aromatic rings. The fourth-order valence-electron chi connectivity index (χ4n) is 3.04. The standard InChI is InChI=1S/C22H20ClN3O5S/c1-15-6-10-18(11-7-15)25(32(30,31)19-12-8-17(23)9-13-19)14-22(27)24-20-4-3-5-21(16(20)2)26(28)29/h3-13H,14H2,1-2H3,(H,24,27). The maximum atomic E-state index is 13.3. The number of hydrogen-bond donors (Lipinski definition) is 1. The van der Waals surface area contributed by atoms with Gasteiger partial charge in [0, 0.05) is 11.1 Å². The first kappa shape index (κ1) is 23.2. The van der Waals surface area contributed by atoms with Crippen molar-refractivity contribution in [2.75, 3.05) is 16.2 Å². The average Bonchev–Trinajstić information content (AvgIpc) is 2.74. The SMILES string of the molecule is Cc1ccc(N(CC(=O)Nc2cccc([N+](=O)[O-])c2C)S(=O)(=O)c2ccc(Cl)cc2)cc1. The topological polar surface area (TPSA) is 110 Å². The number of anilines is 2. The van der Waals surface area contributed by atoms with E-state index in [9.17, 15) is 23.3 Å². The Morgan fingerprint density at radius 2 is 1.66 bits per heavy atom. The van der Waals surface area contributed by atoms with Crippen molar-refractivity contribution < 1.29 is 18.1 Å². The molecule has 0 aliphatic heterocycles. The number of hydrogen-bond acceptors (Lipinski definition) is 5. The maximum absolute atomic E-state index is 13.3. The molecule has 0 atom stereocenters. The Bertz CT molecular complexity index is 1260. The van der Waals surface area contributed by atoms with Crippen molar-refractivity contribution in [3.05, 3.63) is 93.0 Å². The minimum atomic E-state index is -4.10. The molecule has 0 saturated heterocycles. The summed E-state index contributed by atoms with van der Waals surface area (Å²) in [7, 11) is -4.10. The highest BCUT2D eigenvalue weighted by Crippen LogP contribution is 2.27. The first-order valence-corrected chi connectivity index (χ1v) is 11.3. The van der Waals surface area contributed by atoms with E-state index >= 15 is 0 Å². The van der Waals surface area contributed by atoms with Crippen LogP contribution in [-0.2, 0) is 14.8 Å². The van der Waals surface area contributed by atoms with Gasteiger partial charge < -0.3 is 5.32 Å². The van der Waals surface area contributed by atoms with Gasteiger partial charge in [-0.1, -0.05) is 35.4 Å². The summed E-state index contributed by atoms with van der Waals surface area (Å²) in [5.41, 5.74) is 1.59. The third-order valence-corrected chi connectivity index (χ3v) is 6.83. The molecule has 0 radical (unpaired) electrons. The van der Waals surface area contributed by atoms with Gasteiger partial charge in [-0.05, 0) is 56.3 Å². The van der Waals surface area contributed by atoms with Gasteiger partial charge in [-0.2, -0.15) is 0 Å². The van der Waals surface area contributed by atoms with Gasteiger partial charge in [0.1, 0.15) is 6.54 Å². The van der Waals surface area contributed by atoms with E-state index in [1.54, 1.807) is 24.3 Å². The van der Waals surface area contributed by atoms with Crippen molar-refractivity contribution in [3.63, 3.8) is 0 Å². The van der Waals surface area contributed by atoms with Crippen molar-refractivity contribution in [2.24, 2.45) is 0 Å². The van der Waals surface area contributed by atoms with Crippen molar-refractivity contribution in [2.45, 2.75) is 18.7 Å². The van der Waals surface area contributed by atoms with Gasteiger partial charge in [-0.25, -0.2) is 8.42 Å². The molecule has 0 saturated carbocycles. The van der Waals surface area contributed by atoms with Crippen molar-refractivity contribution >= 4 is 44.6 Å². The monoisotopic (exact) mass is 473 g/mol. The van der Waals surface area contributed by atoms with Crippen LogP contribution in [0.2, 0.25) is 5.02 Å². The highest BCUT2D eigenvalue weighted by atomic mass is 35.5. The molecular formula is C22H20ClN3O5S. The Kier molecular flexibility index (Phi) is 6.81. The quantitative estimate of drug-likeness (QED) is 0.395. The third-order valence-electron chi connectivity index (χ3n) is 4.79. The number of benzene rings is 3. The Balaban J connectivity index is 1.95. The Morgan fingerprint density at radius 3 is 2.25 bits per heavy atom. The second-order valence-electron chi connectivity index (χ2n) is 7.06. The molecule has 3 aromatic carbocycles. The van der Waals surface area contributed by atoms with Gasteiger partial charge in [0.05, 0.1) is 26.8 Å². The highest BCUT2D eigenvalue weighted by Gasteiger charge is 2.27. The second-order valence-corrected chi connectivity index (χ2v) is 9.35. The first-order valence-electron chi connectivity index (χ1n) is 9.48. The molecular weight excluding hydrogens is 454 g/mol. The van der Waals surface area contributed by atoms with Crippen LogP contribution in [0.3, 0.4) is 0 Å². The number of nitro groups is 1. The van der Waals surface area contributed by atoms with Crippen LogP contribution in [0, 0.1) is 24.0 Å². The molecule has 0 fully saturated rings. The number of nitrogens with zero attached hydrogens (tertiary/aromatic N) is 2. The lowest BCUT2D eigenvalue weighted by Gasteiger charge is -2.24. The van der Waals surface area contributed by atoms with Crippen LogP contribution in [0.4, 0.5) is 17.1 Å². The minimum absolute atomic E-state index is 0.0261. The second kappa shape index (κ2) is 9.37. The van der Waals surface area contributed by atoms with E-state index in [1.165, 1.54) is 49.4 Å². The number of sulfonamides is 1. The normalized spacial score (nSPS) is 11.1. The molecule has 0 aromatic heterocycles. The van der Waals surface area contributed by atoms with E-state index in [-0.39, 0.29) is 21.8 Å². The van der Waals surface area contributed by atoms with Gasteiger partial charge in [0.2, 0.25) is 5.91 Å². The van der Waals surface area contributed by atoms with Crippen LogP contribution in [0.1, 0.15) is 11.1 Å². The van der Waals surface area contributed by atoms with E-state index in [0.29, 0.717) is 10.7 Å². The van der Waals surface area contributed by atoms with Crippen LogP contribution in [0.15, 0.2) is 71.6 Å². The number of amides is 1. The van der Waals surface area contributed by atoms with Crippen LogP contribution >= 0.6 is 11.6 Å². The number of halogens is 1. The molecule has 0 unspecified atom stereocenters. The molecule has 1 N–H and O–H groups in total. The third kappa shape index (κ3) is 5.06. The predicted molar refractivity (Wildman–Crippen MR) is 124 cm³/mol. The Morgan fingerprint density at radius 1 is 1.03 bits per heavy atom. The lowest BCUT2D eigenvalue weighted by molar-refractivity contribution is -0.385. The zero-order chi connectivity index (χ0) is 23.5. The molecule has 0 aliphatic carbocycles. The van der Waals surface area contributed by atoms with Gasteiger partial charge in [0.15, 0.2) is 0 Å². The van der Waals surface area contributed by atoms with Gasteiger partial charge in [0.25, 0.3) is 15.7 Å². The van der Waals surface area contributed by atoms with Crippen LogP contribution < -0.4 is 9.62 Å². The zero-order valence-electron chi connectivity index (χ0n) is 17.3. The number of carbonyl (C=O) groups excluding carboxylic acids is 1. The van der Waals surface area contributed by atoms with Gasteiger partial charge in [-0.15, -0.1) is 0 Å². The molecule has 3 rings (SSSR count). The lowest BCUT2D eigenvalue weighted by atomic mass is 10.1. The minimum Gasteiger partial charge on any atom is -0.324 e. The van der Waals surface area contributed by atoms with Crippen LogP contribution in [0.5, 0.6) is 0 Å². The molecule has 166 valence electrons. The van der Waals surface area contributed by atoms with Crippen molar-refractivity contribution in [1.29, 1.82) is 0 Å².